The molecule has 0 radical (unpaired) electrons. The Balaban J connectivity index is 1.39. The molecule has 0 spiro atoms. The zero-order valence-corrected chi connectivity index (χ0v) is 17.3. The van der Waals surface area contributed by atoms with Crippen LogP contribution in [0.25, 0.3) is 11.0 Å². The van der Waals surface area contributed by atoms with Gasteiger partial charge in [-0.25, -0.2) is 4.79 Å². The summed E-state index contributed by atoms with van der Waals surface area (Å²) in [5, 5.41) is 0.999. The molecule has 2 saturated heterocycles. The second-order valence-corrected chi connectivity index (χ2v) is 8.02. The zero-order valence-electron chi connectivity index (χ0n) is 17.3. The van der Waals surface area contributed by atoms with Gasteiger partial charge in [0.1, 0.15) is 5.58 Å². The third kappa shape index (κ3) is 4.52. The van der Waals surface area contributed by atoms with Crippen molar-refractivity contribution >= 4 is 16.9 Å². The molecule has 29 heavy (non-hydrogen) atoms. The first-order chi connectivity index (χ1) is 14.0. The first-order valence-corrected chi connectivity index (χ1v) is 10.3. The molecule has 156 valence electrons. The maximum atomic E-state index is 12.6. The number of hydrogen-bond donors (Lipinski definition) is 0. The fourth-order valence-electron chi connectivity index (χ4n) is 4.10. The van der Waals surface area contributed by atoms with Crippen molar-refractivity contribution < 1.29 is 13.9 Å². The summed E-state index contributed by atoms with van der Waals surface area (Å²) < 4.78 is 10.8. The minimum atomic E-state index is -0.305. The van der Waals surface area contributed by atoms with Crippen LogP contribution in [0.3, 0.4) is 0 Å². The minimum Gasteiger partial charge on any atom is -0.422 e. The molecule has 0 aliphatic carbocycles. The predicted octanol–water partition coefficient (Wildman–Crippen LogP) is 1.39. The second-order valence-electron chi connectivity index (χ2n) is 8.02. The molecule has 7 nitrogen and oxygen atoms in total. The fraction of sp³-hybridized carbons (Fsp3) is 0.545. The molecular weight excluding hydrogens is 370 g/mol. The number of carbonyl (C=O) groups excluding carboxylic acids is 1. The van der Waals surface area contributed by atoms with Crippen LogP contribution in [0.4, 0.5) is 0 Å². The first-order valence-electron chi connectivity index (χ1n) is 10.3. The van der Waals surface area contributed by atoms with Gasteiger partial charge in [0.25, 0.3) is 0 Å². The van der Waals surface area contributed by atoms with Gasteiger partial charge in [-0.1, -0.05) is 12.1 Å². The van der Waals surface area contributed by atoms with Gasteiger partial charge in [0, 0.05) is 57.3 Å². The van der Waals surface area contributed by atoms with Crippen LogP contribution in [-0.4, -0.2) is 79.6 Å². The van der Waals surface area contributed by atoms with Crippen LogP contribution in [0, 0.1) is 13.8 Å². The summed E-state index contributed by atoms with van der Waals surface area (Å²) in [4.78, 5) is 31.1. The van der Waals surface area contributed by atoms with Crippen molar-refractivity contribution in [2.75, 3.05) is 59.0 Å². The average molecular weight is 399 g/mol. The van der Waals surface area contributed by atoms with Crippen molar-refractivity contribution in [3.63, 3.8) is 0 Å². The molecule has 2 fully saturated rings. The van der Waals surface area contributed by atoms with Crippen molar-refractivity contribution in [3.8, 4) is 0 Å². The standard InChI is InChI=1S/C22H29N3O4/c1-16-3-4-19-18(13-21(27)29-22(19)17(16)2)14-23-5-7-25(8-6-23)20(26)15-24-9-11-28-12-10-24/h3-4,13H,5-12,14-15H2,1-2H3. The predicted molar refractivity (Wildman–Crippen MR) is 111 cm³/mol. The molecule has 2 aliphatic rings. The number of aryl methyl sites for hydroxylation is 2. The summed E-state index contributed by atoms with van der Waals surface area (Å²) in [5.74, 6) is 0.198. The number of benzene rings is 1. The topological polar surface area (TPSA) is 66.2 Å². The smallest absolute Gasteiger partial charge is 0.336 e. The summed E-state index contributed by atoms with van der Waals surface area (Å²) in [7, 11) is 0. The Labute approximate surface area is 170 Å². The molecule has 1 amide bonds. The summed E-state index contributed by atoms with van der Waals surface area (Å²) in [5.41, 5.74) is 3.50. The molecule has 0 saturated carbocycles. The van der Waals surface area contributed by atoms with Crippen molar-refractivity contribution in [2.24, 2.45) is 0 Å². The third-order valence-corrected chi connectivity index (χ3v) is 6.10. The molecule has 1 aromatic heterocycles. The lowest BCUT2D eigenvalue weighted by atomic mass is 10.0. The maximum absolute atomic E-state index is 12.6. The van der Waals surface area contributed by atoms with Gasteiger partial charge in [0.2, 0.25) is 5.91 Å². The Bertz CT molecular complexity index is 941. The molecule has 2 aromatic rings. The normalized spacial score (nSPS) is 19.0. The van der Waals surface area contributed by atoms with Crippen LogP contribution in [0.1, 0.15) is 16.7 Å². The van der Waals surface area contributed by atoms with Gasteiger partial charge in [-0.3, -0.25) is 14.6 Å². The molecule has 7 heteroatoms. The van der Waals surface area contributed by atoms with Crippen LogP contribution < -0.4 is 5.63 Å². The van der Waals surface area contributed by atoms with E-state index in [1.807, 2.05) is 24.8 Å². The lowest BCUT2D eigenvalue weighted by Gasteiger charge is -2.36. The Morgan fingerprint density at radius 3 is 2.45 bits per heavy atom. The van der Waals surface area contributed by atoms with Crippen molar-refractivity contribution in [1.82, 2.24) is 14.7 Å². The molecule has 1 aromatic carbocycles. The van der Waals surface area contributed by atoms with E-state index in [1.165, 1.54) is 0 Å². The molecule has 0 bridgehead atoms. The lowest BCUT2D eigenvalue weighted by Crippen LogP contribution is -2.52. The van der Waals surface area contributed by atoms with Gasteiger partial charge in [-0.05, 0) is 30.5 Å². The van der Waals surface area contributed by atoms with Gasteiger partial charge in [0.15, 0.2) is 0 Å². The Kier molecular flexibility index (Phi) is 5.99. The monoisotopic (exact) mass is 399 g/mol. The van der Waals surface area contributed by atoms with Crippen LogP contribution in [0.5, 0.6) is 0 Å². The second kappa shape index (κ2) is 8.65. The highest BCUT2D eigenvalue weighted by Crippen LogP contribution is 2.24. The number of amides is 1. The van der Waals surface area contributed by atoms with Gasteiger partial charge in [-0.15, -0.1) is 0 Å². The highest BCUT2D eigenvalue weighted by Gasteiger charge is 2.24. The van der Waals surface area contributed by atoms with Crippen LogP contribution in [0.2, 0.25) is 0 Å². The number of hydrogen-bond acceptors (Lipinski definition) is 6. The highest BCUT2D eigenvalue weighted by molar-refractivity contribution is 5.84. The molecule has 2 aliphatic heterocycles. The van der Waals surface area contributed by atoms with Gasteiger partial charge >= 0.3 is 5.63 Å². The zero-order chi connectivity index (χ0) is 20.4. The van der Waals surface area contributed by atoms with E-state index in [0.717, 1.165) is 61.3 Å². The van der Waals surface area contributed by atoms with E-state index >= 15 is 0 Å². The number of carbonyl (C=O) groups is 1. The molecular formula is C22H29N3O4. The van der Waals surface area contributed by atoms with E-state index in [9.17, 15) is 9.59 Å². The van der Waals surface area contributed by atoms with E-state index in [-0.39, 0.29) is 11.5 Å². The molecule has 4 rings (SSSR count). The highest BCUT2D eigenvalue weighted by atomic mass is 16.5. The van der Waals surface area contributed by atoms with Crippen LogP contribution in [0.15, 0.2) is 27.4 Å². The molecule has 0 atom stereocenters. The van der Waals surface area contributed by atoms with Gasteiger partial charge in [-0.2, -0.15) is 0 Å². The maximum Gasteiger partial charge on any atom is 0.336 e. The first kappa shape index (κ1) is 20.1. The number of ether oxygens (including phenoxy) is 1. The van der Waals surface area contributed by atoms with E-state index < -0.39 is 0 Å². The van der Waals surface area contributed by atoms with E-state index in [2.05, 4.69) is 15.9 Å². The molecule has 0 unspecified atom stereocenters. The van der Waals surface area contributed by atoms with Gasteiger partial charge < -0.3 is 14.1 Å². The Morgan fingerprint density at radius 1 is 1.00 bits per heavy atom. The molecule has 3 heterocycles. The summed E-state index contributed by atoms with van der Waals surface area (Å²) >= 11 is 0. The van der Waals surface area contributed by atoms with Crippen molar-refractivity contribution in [2.45, 2.75) is 20.4 Å². The number of nitrogens with zero attached hydrogens (tertiary/aromatic N) is 3. The third-order valence-electron chi connectivity index (χ3n) is 6.10. The fourth-order valence-corrected chi connectivity index (χ4v) is 4.10. The van der Waals surface area contributed by atoms with E-state index in [4.69, 9.17) is 9.15 Å². The number of rotatable bonds is 4. The van der Waals surface area contributed by atoms with Crippen LogP contribution >= 0.6 is 0 Å². The number of piperazine rings is 1. The quantitative estimate of drug-likeness (QED) is 0.724. The Morgan fingerprint density at radius 2 is 1.72 bits per heavy atom. The van der Waals surface area contributed by atoms with Gasteiger partial charge in [0.05, 0.1) is 19.8 Å². The van der Waals surface area contributed by atoms with Crippen molar-refractivity contribution in [3.05, 3.63) is 45.3 Å². The van der Waals surface area contributed by atoms with Crippen LogP contribution in [-0.2, 0) is 16.1 Å². The summed E-state index contributed by atoms with van der Waals surface area (Å²) in [6.07, 6.45) is 0. The largest absolute Gasteiger partial charge is 0.422 e. The molecule has 0 N–H and O–H groups in total. The SMILES string of the molecule is Cc1ccc2c(CN3CCN(C(=O)CN4CCOCC4)CC3)cc(=O)oc2c1C. The Hall–Kier alpha value is -2.22. The number of fused-ring (bicyclic) bond motifs is 1. The number of morpholine rings is 1. The van der Waals surface area contributed by atoms with E-state index in [0.29, 0.717) is 31.9 Å². The lowest BCUT2D eigenvalue weighted by molar-refractivity contribution is -0.135. The summed E-state index contributed by atoms with van der Waals surface area (Å²) in [6, 6.07) is 5.72. The minimum absolute atomic E-state index is 0.198. The summed E-state index contributed by atoms with van der Waals surface area (Å²) in [6.45, 7) is 11.3. The average Bonchev–Trinajstić information content (AvgIpc) is 2.72. The van der Waals surface area contributed by atoms with E-state index in [1.54, 1.807) is 6.07 Å². The van der Waals surface area contributed by atoms with Crippen molar-refractivity contribution in [1.29, 1.82) is 0 Å².